The summed E-state index contributed by atoms with van der Waals surface area (Å²) in [5.41, 5.74) is 12.0. The van der Waals surface area contributed by atoms with Gasteiger partial charge < -0.3 is 21.7 Å². The number of carbonyl (C=O) groups is 1. The first-order valence-electron chi connectivity index (χ1n) is 7.73. The lowest BCUT2D eigenvalue weighted by molar-refractivity contribution is 0.0926. The Hall–Kier alpha value is -1.34. The maximum atomic E-state index is 12.4. The number of nitrogen functional groups attached to an aromatic ring is 1. The molecule has 2 fully saturated rings. The van der Waals surface area contributed by atoms with E-state index in [4.69, 9.17) is 11.5 Å². The number of aromatic nitrogens is 1. The van der Waals surface area contributed by atoms with Crippen molar-refractivity contribution in [3.8, 4) is 0 Å². The molecule has 0 bridgehead atoms. The minimum Gasteiger partial charge on any atom is -0.382 e. The van der Waals surface area contributed by atoms with Crippen LogP contribution in [0.5, 0.6) is 0 Å². The summed E-state index contributed by atoms with van der Waals surface area (Å²) in [6, 6.07) is 0.109. The minimum atomic E-state index is -0.127. The largest absolute Gasteiger partial charge is 0.382 e. The van der Waals surface area contributed by atoms with Crippen molar-refractivity contribution in [3.05, 3.63) is 4.88 Å². The molecular weight excluding hydrogens is 286 g/mol. The van der Waals surface area contributed by atoms with Crippen molar-refractivity contribution in [2.45, 2.75) is 50.6 Å². The van der Waals surface area contributed by atoms with Crippen LogP contribution in [0, 0.1) is 0 Å². The zero-order chi connectivity index (χ0) is 14.8. The number of nitrogens with one attached hydrogen (secondary N) is 1. The van der Waals surface area contributed by atoms with E-state index in [1.165, 1.54) is 24.2 Å². The fraction of sp³-hybridized carbons (Fsp3) is 0.714. The van der Waals surface area contributed by atoms with Crippen LogP contribution in [0.15, 0.2) is 0 Å². The average Bonchev–Trinajstić information content (AvgIpc) is 3.10. The smallest absolute Gasteiger partial charge is 0.265 e. The Morgan fingerprint density at radius 2 is 1.95 bits per heavy atom. The molecule has 2 heterocycles. The Kier molecular flexibility index (Phi) is 4.30. The number of rotatable bonds is 3. The lowest BCUT2D eigenvalue weighted by Gasteiger charge is -2.29. The summed E-state index contributed by atoms with van der Waals surface area (Å²) in [7, 11) is 0. The molecule has 5 N–H and O–H groups in total. The third-order valence-electron chi connectivity index (χ3n) is 4.36. The second-order valence-electron chi connectivity index (χ2n) is 5.93. The third kappa shape index (κ3) is 3.13. The first kappa shape index (κ1) is 14.6. The topological polar surface area (TPSA) is 97.3 Å². The second kappa shape index (κ2) is 6.19. The lowest BCUT2D eigenvalue weighted by atomic mass is 9.91. The predicted molar refractivity (Wildman–Crippen MR) is 85.7 cm³/mol. The van der Waals surface area contributed by atoms with E-state index < -0.39 is 0 Å². The van der Waals surface area contributed by atoms with Gasteiger partial charge in [-0.15, -0.1) is 0 Å². The number of nitrogens with two attached hydrogens (primary N) is 2. The van der Waals surface area contributed by atoms with E-state index in [9.17, 15) is 4.79 Å². The van der Waals surface area contributed by atoms with Crippen LogP contribution in [0.25, 0.3) is 0 Å². The van der Waals surface area contributed by atoms with E-state index in [0.717, 1.165) is 43.9 Å². The summed E-state index contributed by atoms with van der Waals surface area (Å²) in [6.45, 7) is 2.00. The molecule has 0 spiro atoms. The molecule has 1 saturated carbocycles. The van der Waals surface area contributed by atoms with Crippen molar-refractivity contribution >= 4 is 28.2 Å². The van der Waals surface area contributed by atoms with Crippen molar-refractivity contribution < 1.29 is 4.79 Å². The standard InChI is InChI=1S/C14H23N5OS/c15-9-5-1-2-6-10(9)17-13(20)11-12(16)18-14(21-11)19-7-3-4-8-19/h9-10H,1-8,15-16H2,(H,17,20). The predicted octanol–water partition coefficient (Wildman–Crippen LogP) is 1.33. The highest BCUT2D eigenvalue weighted by atomic mass is 32.1. The van der Waals surface area contributed by atoms with Gasteiger partial charge in [0, 0.05) is 25.2 Å². The molecule has 1 aliphatic heterocycles. The van der Waals surface area contributed by atoms with Crippen LogP contribution in [0.2, 0.25) is 0 Å². The Balaban J connectivity index is 1.69. The van der Waals surface area contributed by atoms with Crippen molar-refractivity contribution in [1.29, 1.82) is 0 Å². The van der Waals surface area contributed by atoms with Crippen LogP contribution in [0.4, 0.5) is 10.9 Å². The van der Waals surface area contributed by atoms with Crippen LogP contribution >= 0.6 is 11.3 Å². The van der Waals surface area contributed by atoms with Gasteiger partial charge in [-0.25, -0.2) is 4.98 Å². The molecule has 2 atom stereocenters. The van der Waals surface area contributed by atoms with Crippen molar-refractivity contribution in [3.63, 3.8) is 0 Å². The van der Waals surface area contributed by atoms with E-state index >= 15 is 0 Å². The summed E-state index contributed by atoms with van der Waals surface area (Å²) in [4.78, 5) is 19.5. The summed E-state index contributed by atoms with van der Waals surface area (Å²) in [5, 5.41) is 3.90. The molecule has 2 aliphatic rings. The summed E-state index contributed by atoms with van der Waals surface area (Å²) in [6.07, 6.45) is 6.55. The van der Waals surface area contributed by atoms with Gasteiger partial charge in [-0.2, -0.15) is 0 Å². The highest BCUT2D eigenvalue weighted by Crippen LogP contribution is 2.30. The summed E-state index contributed by atoms with van der Waals surface area (Å²) < 4.78 is 0. The number of amides is 1. The molecule has 1 aromatic rings. The van der Waals surface area contributed by atoms with E-state index in [0.29, 0.717) is 10.7 Å². The normalized spacial score (nSPS) is 26.0. The molecule has 1 amide bonds. The number of carbonyl (C=O) groups excluding carboxylic acids is 1. The van der Waals surface area contributed by atoms with Crippen LogP contribution in [-0.4, -0.2) is 36.1 Å². The number of nitrogens with zero attached hydrogens (tertiary/aromatic N) is 2. The first-order valence-corrected chi connectivity index (χ1v) is 8.54. The highest BCUT2D eigenvalue weighted by molar-refractivity contribution is 7.18. The zero-order valence-corrected chi connectivity index (χ0v) is 13.0. The van der Waals surface area contributed by atoms with Gasteiger partial charge in [-0.1, -0.05) is 24.2 Å². The van der Waals surface area contributed by atoms with Crippen LogP contribution in [0.3, 0.4) is 0 Å². The van der Waals surface area contributed by atoms with Crippen LogP contribution < -0.4 is 21.7 Å². The van der Waals surface area contributed by atoms with Gasteiger partial charge in [-0.3, -0.25) is 4.79 Å². The van der Waals surface area contributed by atoms with Crippen LogP contribution in [-0.2, 0) is 0 Å². The average molecular weight is 309 g/mol. The summed E-state index contributed by atoms with van der Waals surface area (Å²) in [5.74, 6) is 0.210. The molecule has 6 nitrogen and oxygen atoms in total. The highest BCUT2D eigenvalue weighted by Gasteiger charge is 2.27. The first-order chi connectivity index (χ1) is 10.1. The SMILES string of the molecule is Nc1nc(N2CCCC2)sc1C(=O)NC1CCCCC1N. The molecule has 1 aromatic heterocycles. The quantitative estimate of drug-likeness (QED) is 0.782. The Morgan fingerprint density at radius 3 is 2.67 bits per heavy atom. The van der Waals surface area contributed by atoms with Gasteiger partial charge in [0.05, 0.1) is 0 Å². The Morgan fingerprint density at radius 1 is 1.24 bits per heavy atom. The van der Waals surface area contributed by atoms with E-state index in [1.54, 1.807) is 0 Å². The molecule has 21 heavy (non-hydrogen) atoms. The molecule has 1 saturated heterocycles. The van der Waals surface area contributed by atoms with E-state index in [-0.39, 0.29) is 18.0 Å². The fourth-order valence-corrected chi connectivity index (χ4v) is 4.04. The number of anilines is 2. The molecule has 116 valence electrons. The number of hydrogen-bond donors (Lipinski definition) is 3. The number of thiazole rings is 1. The monoisotopic (exact) mass is 309 g/mol. The molecular formula is C14H23N5OS. The van der Waals surface area contributed by atoms with Gasteiger partial charge in [0.15, 0.2) is 5.13 Å². The Bertz CT molecular complexity index is 511. The third-order valence-corrected chi connectivity index (χ3v) is 5.49. The van der Waals surface area contributed by atoms with Gasteiger partial charge in [0.2, 0.25) is 0 Å². The van der Waals surface area contributed by atoms with Crippen molar-refractivity contribution in [2.75, 3.05) is 23.7 Å². The lowest BCUT2D eigenvalue weighted by Crippen LogP contribution is -2.49. The fourth-order valence-electron chi connectivity index (χ4n) is 3.10. The maximum absolute atomic E-state index is 12.4. The second-order valence-corrected chi connectivity index (χ2v) is 6.91. The van der Waals surface area contributed by atoms with Gasteiger partial charge in [0.25, 0.3) is 5.91 Å². The number of hydrogen-bond acceptors (Lipinski definition) is 6. The molecule has 0 radical (unpaired) electrons. The maximum Gasteiger partial charge on any atom is 0.265 e. The molecule has 3 rings (SSSR count). The Labute approximate surface area is 128 Å². The van der Waals surface area contributed by atoms with Crippen LogP contribution in [0.1, 0.15) is 48.2 Å². The molecule has 2 unspecified atom stereocenters. The van der Waals surface area contributed by atoms with E-state index in [2.05, 4.69) is 15.2 Å². The van der Waals surface area contributed by atoms with E-state index in [1.807, 2.05) is 0 Å². The molecule has 1 aliphatic carbocycles. The molecule has 7 heteroatoms. The van der Waals surface area contributed by atoms with Crippen molar-refractivity contribution in [1.82, 2.24) is 10.3 Å². The van der Waals surface area contributed by atoms with Gasteiger partial charge >= 0.3 is 0 Å². The van der Waals surface area contributed by atoms with Gasteiger partial charge in [0.1, 0.15) is 10.7 Å². The zero-order valence-electron chi connectivity index (χ0n) is 12.2. The van der Waals surface area contributed by atoms with Gasteiger partial charge in [-0.05, 0) is 25.7 Å². The minimum absolute atomic E-state index is 0.0508. The van der Waals surface area contributed by atoms with Crippen molar-refractivity contribution in [2.24, 2.45) is 5.73 Å². The molecule has 0 aromatic carbocycles. The summed E-state index contributed by atoms with van der Waals surface area (Å²) >= 11 is 1.39.